The molecule has 1 N–H and O–H groups in total. The van der Waals surface area contributed by atoms with Crippen LogP contribution < -0.4 is 0 Å². The van der Waals surface area contributed by atoms with E-state index in [1.165, 1.54) is 5.56 Å². The molecule has 0 spiro atoms. The first-order chi connectivity index (χ1) is 9.24. The van der Waals surface area contributed by atoms with E-state index in [-0.39, 0.29) is 0 Å². The third-order valence-corrected chi connectivity index (χ3v) is 4.04. The third-order valence-electron chi connectivity index (χ3n) is 3.80. The van der Waals surface area contributed by atoms with Crippen LogP contribution in [0.15, 0.2) is 24.4 Å². The smallest absolute Gasteiger partial charge is 0.222 e. The quantitative estimate of drug-likeness (QED) is 0.917. The fourth-order valence-corrected chi connectivity index (χ4v) is 2.88. The van der Waals surface area contributed by atoms with E-state index >= 15 is 0 Å². The maximum absolute atomic E-state index is 11.8. The second-order valence-corrected chi connectivity index (χ2v) is 5.53. The van der Waals surface area contributed by atoms with Gasteiger partial charge in [0.1, 0.15) is 0 Å². The molecule has 4 heteroatoms. The highest BCUT2D eigenvalue weighted by Gasteiger charge is 2.17. The first-order valence-electron chi connectivity index (χ1n) is 6.77. The topological polar surface area (TPSA) is 36.1 Å². The van der Waals surface area contributed by atoms with Crippen molar-refractivity contribution in [1.82, 2.24) is 9.88 Å². The van der Waals surface area contributed by atoms with E-state index < -0.39 is 0 Å². The zero-order valence-corrected chi connectivity index (χ0v) is 11.5. The molecule has 1 fully saturated rings. The summed E-state index contributed by atoms with van der Waals surface area (Å²) in [5.74, 6) is 0.295. The molecule has 100 valence electrons. The highest BCUT2D eigenvalue weighted by Crippen LogP contribution is 2.23. The SMILES string of the molecule is O=C1CCCCN1CCc1c[nH]c2ccc(Cl)cc12. The number of benzene rings is 1. The number of amides is 1. The Bertz CT molecular complexity index is 605. The fourth-order valence-electron chi connectivity index (χ4n) is 2.71. The van der Waals surface area contributed by atoms with Gasteiger partial charge in [-0.1, -0.05) is 11.6 Å². The van der Waals surface area contributed by atoms with Gasteiger partial charge in [0.15, 0.2) is 0 Å². The summed E-state index contributed by atoms with van der Waals surface area (Å²) in [5, 5.41) is 1.92. The van der Waals surface area contributed by atoms with Gasteiger partial charge in [-0.3, -0.25) is 4.79 Å². The minimum absolute atomic E-state index is 0.295. The average Bonchev–Trinajstić information content (AvgIpc) is 2.80. The Hall–Kier alpha value is -1.48. The van der Waals surface area contributed by atoms with E-state index in [2.05, 4.69) is 4.98 Å². The second-order valence-electron chi connectivity index (χ2n) is 5.09. The molecule has 19 heavy (non-hydrogen) atoms. The molecular formula is C15H17ClN2O. The van der Waals surface area contributed by atoms with Gasteiger partial charge in [0.2, 0.25) is 5.91 Å². The largest absolute Gasteiger partial charge is 0.361 e. The molecule has 1 aliphatic heterocycles. The summed E-state index contributed by atoms with van der Waals surface area (Å²) < 4.78 is 0. The van der Waals surface area contributed by atoms with Gasteiger partial charge in [0.05, 0.1) is 0 Å². The predicted octanol–water partition coefficient (Wildman–Crippen LogP) is 3.38. The highest BCUT2D eigenvalue weighted by atomic mass is 35.5. The number of likely N-dealkylation sites (tertiary alicyclic amines) is 1. The maximum Gasteiger partial charge on any atom is 0.222 e. The fraction of sp³-hybridized carbons (Fsp3) is 0.400. The van der Waals surface area contributed by atoms with Gasteiger partial charge >= 0.3 is 0 Å². The lowest BCUT2D eigenvalue weighted by molar-refractivity contribution is -0.133. The van der Waals surface area contributed by atoms with Crippen LogP contribution in [0.4, 0.5) is 0 Å². The lowest BCUT2D eigenvalue weighted by Gasteiger charge is -2.26. The van der Waals surface area contributed by atoms with Crippen molar-refractivity contribution in [3.63, 3.8) is 0 Å². The molecule has 0 unspecified atom stereocenters. The van der Waals surface area contributed by atoms with E-state index in [0.29, 0.717) is 12.3 Å². The second kappa shape index (κ2) is 5.25. The summed E-state index contributed by atoms with van der Waals surface area (Å²) in [5.41, 5.74) is 2.33. The van der Waals surface area contributed by atoms with Gasteiger partial charge in [0.25, 0.3) is 0 Å². The lowest BCUT2D eigenvalue weighted by Crippen LogP contribution is -2.36. The Balaban J connectivity index is 1.74. The van der Waals surface area contributed by atoms with Crippen molar-refractivity contribution in [2.24, 2.45) is 0 Å². The van der Waals surface area contributed by atoms with Crippen molar-refractivity contribution in [1.29, 1.82) is 0 Å². The van der Waals surface area contributed by atoms with Gasteiger partial charge < -0.3 is 9.88 Å². The molecule has 1 amide bonds. The van der Waals surface area contributed by atoms with E-state index in [9.17, 15) is 4.79 Å². The van der Waals surface area contributed by atoms with E-state index in [1.54, 1.807) is 0 Å². The lowest BCUT2D eigenvalue weighted by atomic mass is 10.1. The van der Waals surface area contributed by atoms with Gasteiger partial charge in [-0.05, 0) is 43.0 Å². The van der Waals surface area contributed by atoms with Crippen LogP contribution in [0.3, 0.4) is 0 Å². The van der Waals surface area contributed by atoms with Gasteiger partial charge in [-0.2, -0.15) is 0 Å². The zero-order valence-electron chi connectivity index (χ0n) is 10.8. The molecule has 0 radical (unpaired) electrons. The summed E-state index contributed by atoms with van der Waals surface area (Å²) in [6, 6.07) is 5.87. The minimum Gasteiger partial charge on any atom is -0.361 e. The maximum atomic E-state index is 11.8. The minimum atomic E-state index is 0.295. The number of nitrogens with zero attached hydrogens (tertiary/aromatic N) is 1. The van der Waals surface area contributed by atoms with Crippen LogP contribution in [0, 0.1) is 0 Å². The summed E-state index contributed by atoms with van der Waals surface area (Å²) in [6.07, 6.45) is 5.78. The molecule has 0 bridgehead atoms. The van der Waals surface area contributed by atoms with Gasteiger partial charge in [-0.15, -0.1) is 0 Å². The normalized spacial score (nSPS) is 16.3. The van der Waals surface area contributed by atoms with Crippen molar-refractivity contribution in [3.8, 4) is 0 Å². The predicted molar refractivity (Wildman–Crippen MR) is 77.4 cm³/mol. The molecule has 1 aromatic heterocycles. The number of hydrogen-bond donors (Lipinski definition) is 1. The Morgan fingerprint density at radius 2 is 2.21 bits per heavy atom. The average molecular weight is 277 g/mol. The number of carbonyl (C=O) groups is 1. The molecule has 0 aliphatic carbocycles. The first kappa shape index (κ1) is 12.5. The van der Waals surface area contributed by atoms with E-state index in [4.69, 9.17) is 11.6 Å². The molecule has 2 heterocycles. The molecule has 1 aliphatic rings. The van der Waals surface area contributed by atoms with Gasteiger partial charge in [0, 0.05) is 41.6 Å². The number of halogens is 1. The van der Waals surface area contributed by atoms with E-state index in [1.807, 2.05) is 29.3 Å². The van der Waals surface area contributed by atoms with Crippen molar-refractivity contribution in [2.75, 3.05) is 13.1 Å². The Labute approximate surface area is 117 Å². The number of fused-ring (bicyclic) bond motifs is 1. The molecule has 1 saturated heterocycles. The molecule has 3 nitrogen and oxygen atoms in total. The van der Waals surface area contributed by atoms with Crippen LogP contribution >= 0.6 is 11.6 Å². The zero-order chi connectivity index (χ0) is 13.2. The van der Waals surface area contributed by atoms with Gasteiger partial charge in [-0.25, -0.2) is 0 Å². The Kier molecular flexibility index (Phi) is 3.47. The molecule has 0 saturated carbocycles. The molecule has 2 aromatic rings. The highest BCUT2D eigenvalue weighted by molar-refractivity contribution is 6.31. The van der Waals surface area contributed by atoms with Crippen molar-refractivity contribution in [3.05, 3.63) is 35.0 Å². The van der Waals surface area contributed by atoms with Crippen LogP contribution in [-0.2, 0) is 11.2 Å². The molecule has 0 atom stereocenters. The molecular weight excluding hydrogens is 260 g/mol. The summed E-state index contributed by atoms with van der Waals surface area (Å²) in [7, 11) is 0. The Morgan fingerprint density at radius 3 is 3.05 bits per heavy atom. The number of carbonyl (C=O) groups excluding carboxylic acids is 1. The van der Waals surface area contributed by atoms with Crippen molar-refractivity contribution >= 4 is 28.4 Å². The van der Waals surface area contributed by atoms with E-state index in [0.717, 1.165) is 48.3 Å². The van der Waals surface area contributed by atoms with Crippen LogP contribution in [-0.4, -0.2) is 28.9 Å². The summed E-state index contributed by atoms with van der Waals surface area (Å²) in [6.45, 7) is 1.71. The summed E-state index contributed by atoms with van der Waals surface area (Å²) >= 11 is 6.04. The summed E-state index contributed by atoms with van der Waals surface area (Å²) in [4.78, 5) is 17.0. The molecule has 3 rings (SSSR count). The number of H-pyrrole nitrogens is 1. The first-order valence-corrected chi connectivity index (χ1v) is 7.15. The standard InChI is InChI=1S/C15H17ClN2O/c16-12-4-5-14-13(9-12)11(10-17-14)6-8-18-7-2-1-3-15(18)19/h4-5,9-10,17H,1-3,6-8H2. The Morgan fingerprint density at radius 1 is 1.32 bits per heavy atom. The number of hydrogen-bond acceptors (Lipinski definition) is 1. The third kappa shape index (κ3) is 2.61. The van der Waals surface area contributed by atoms with Crippen molar-refractivity contribution < 1.29 is 4.79 Å². The van der Waals surface area contributed by atoms with Crippen LogP contribution in [0.2, 0.25) is 5.02 Å². The number of rotatable bonds is 3. The number of nitrogens with one attached hydrogen (secondary N) is 1. The van der Waals surface area contributed by atoms with Crippen LogP contribution in [0.1, 0.15) is 24.8 Å². The number of piperidine rings is 1. The number of aromatic nitrogens is 1. The van der Waals surface area contributed by atoms with Crippen molar-refractivity contribution in [2.45, 2.75) is 25.7 Å². The number of aromatic amines is 1. The van der Waals surface area contributed by atoms with Crippen LogP contribution in [0.5, 0.6) is 0 Å². The monoisotopic (exact) mass is 276 g/mol. The van der Waals surface area contributed by atoms with Crippen LogP contribution in [0.25, 0.3) is 10.9 Å². The molecule has 1 aromatic carbocycles.